The van der Waals surface area contributed by atoms with Crippen molar-refractivity contribution in [2.75, 3.05) is 6.61 Å². The fourth-order valence-electron chi connectivity index (χ4n) is 3.17. The molecule has 0 aliphatic carbocycles. The van der Waals surface area contributed by atoms with Crippen LogP contribution in [0.4, 0.5) is 0 Å². The van der Waals surface area contributed by atoms with E-state index in [9.17, 15) is 9.59 Å². The zero-order valence-corrected chi connectivity index (χ0v) is 17.7. The first-order valence-electron chi connectivity index (χ1n) is 9.46. The van der Waals surface area contributed by atoms with Crippen molar-refractivity contribution in [2.24, 2.45) is 5.10 Å². The number of nitrogens with one attached hydrogen (secondary N) is 1. The van der Waals surface area contributed by atoms with Crippen molar-refractivity contribution in [1.82, 2.24) is 9.99 Å². The average molecular weight is 424 g/mol. The van der Waals surface area contributed by atoms with E-state index in [2.05, 4.69) is 10.5 Å². The standard InChI is InChI=1S/C23H22ClN3O3/c1-4-30-23(29)20-7-5-6-8-21(20)27-15(2)13-18(16(27)3)14-25-26-22(28)17-9-11-19(24)12-10-17/h5-14H,4H2,1-3H3,(H,26,28)/b25-14-. The smallest absolute Gasteiger partial charge is 0.340 e. The summed E-state index contributed by atoms with van der Waals surface area (Å²) >= 11 is 5.84. The molecule has 0 saturated heterocycles. The Bertz CT molecular complexity index is 1100. The minimum Gasteiger partial charge on any atom is -0.462 e. The molecule has 1 N–H and O–H groups in total. The van der Waals surface area contributed by atoms with Crippen LogP contribution >= 0.6 is 11.6 Å². The van der Waals surface area contributed by atoms with Crippen molar-refractivity contribution in [3.05, 3.63) is 87.7 Å². The van der Waals surface area contributed by atoms with Crippen LogP contribution in [-0.4, -0.2) is 29.3 Å². The van der Waals surface area contributed by atoms with E-state index >= 15 is 0 Å². The number of hydrogen-bond donors (Lipinski definition) is 1. The van der Waals surface area contributed by atoms with Gasteiger partial charge in [0.05, 0.1) is 24.1 Å². The first-order valence-corrected chi connectivity index (χ1v) is 9.84. The summed E-state index contributed by atoms with van der Waals surface area (Å²) in [7, 11) is 0. The van der Waals surface area contributed by atoms with Crippen LogP contribution in [0.2, 0.25) is 5.02 Å². The highest BCUT2D eigenvalue weighted by atomic mass is 35.5. The van der Waals surface area contributed by atoms with E-state index in [-0.39, 0.29) is 11.9 Å². The van der Waals surface area contributed by atoms with Gasteiger partial charge in [-0.1, -0.05) is 23.7 Å². The fraction of sp³-hybridized carbons (Fsp3) is 0.174. The monoisotopic (exact) mass is 423 g/mol. The van der Waals surface area contributed by atoms with E-state index < -0.39 is 0 Å². The highest BCUT2D eigenvalue weighted by molar-refractivity contribution is 6.30. The molecule has 0 aliphatic rings. The Hall–Kier alpha value is -3.38. The maximum absolute atomic E-state index is 12.4. The summed E-state index contributed by atoms with van der Waals surface area (Å²) in [6.07, 6.45) is 1.58. The summed E-state index contributed by atoms with van der Waals surface area (Å²) in [5.74, 6) is -0.699. The molecule has 0 fully saturated rings. The van der Waals surface area contributed by atoms with Crippen LogP contribution < -0.4 is 5.43 Å². The third-order valence-electron chi connectivity index (χ3n) is 4.59. The van der Waals surface area contributed by atoms with Crippen LogP contribution in [0.15, 0.2) is 59.7 Å². The predicted octanol–water partition coefficient (Wildman–Crippen LogP) is 4.69. The van der Waals surface area contributed by atoms with Crippen LogP contribution in [0.5, 0.6) is 0 Å². The first kappa shape index (κ1) is 21.3. The van der Waals surface area contributed by atoms with Crippen LogP contribution in [0.1, 0.15) is 44.6 Å². The van der Waals surface area contributed by atoms with Gasteiger partial charge in [-0.05, 0) is 63.2 Å². The van der Waals surface area contributed by atoms with Crippen molar-refractivity contribution in [2.45, 2.75) is 20.8 Å². The van der Waals surface area contributed by atoms with Crippen molar-refractivity contribution >= 4 is 29.7 Å². The second kappa shape index (κ2) is 9.41. The van der Waals surface area contributed by atoms with Crippen molar-refractivity contribution < 1.29 is 14.3 Å². The predicted molar refractivity (Wildman–Crippen MR) is 118 cm³/mol. The Morgan fingerprint density at radius 1 is 1.13 bits per heavy atom. The van der Waals surface area contributed by atoms with Gasteiger partial charge in [0.15, 0.2) is 0 Å². The molecule has 3 rings (SSSR count). The summed E-state index contributed by atoms with van der Waals surface area (Å²) in [5, 5.41) is 4.63. The van der Waals surface area contributed by atoms with Crippen molar-refractivity contribution in [3.63, 3.8) is 0 Å². The fourth-order valence-corrected chi connectivity index (χ4v) is 3.29. The molecule has 2 aromatic carbocycles. The van der Waals surface area contributed by atoms with Gasteiger partial charge in [0.2, 0.25) is 0 Å². The molecule has 0 aliphatic heterocycles. The zero-order chi connectivity index (χ0) is 21.7. The molecule has 154 valence electrons. The minimum absolute atomic E-state index is 0.308. The number of para-hydroxylation sites is 1. The van der Waals surface area contributed by atoms with Crippen molar-refractivity contribution in [3.8, 4) is 5.69 Å². The number of rotatable bonds is 6. The Labute approximate surface area is 180 Å². The number of hydrogen-bond acceptors (Lipinski definition) is 4. The maximum Gasteiger partial charge on any atom is 0.340 e. The van der Waals surface area contributed by atoms with Crippen LogP contribution in [-0.2, 0) is 4.74 Å². The quantitative estimate of drug-likeness (QED) is 0.355. The highest BCUT2D eigenvalue weighted by Crippen LogP contribution is 2.23. The molecule has 1 aromatic heterocycles. The van der Waals surface area contributed by atoms with Gasteiger partial charge in [0.25, 0.3) is 5.91 Å². The topological polar surface area (TPSA) is 72.7 Å². The molecule has 0 radical (unpaired) electrons. The second-order valence-electron chi connectivity index (χ2n) is 6.61. The highest BCUT2D eigenvalue weighted by Gasteiger charge is 2.17. The van der Waals surface area contributed by atoms with Gasteiger partial charge < -0.3 is 9.30 Å². The number of esters is 1. The van der Waals surface area contributed by atoms with E-state index in [1.54, 1.807) is 49.5 Å². The number of hydrazone groups is 1. The summed E-state index contributed by atoms with van der Waals surface area (Å²) < 4.78 is 7.15. The molecule has 30 heavy (non-hydrogen) atoms. The lowest BCUT2D eigenvalue weighted by molar-refractivity contribution is 0.0526. The van der Waals surface area contributed by atoms with E-state index in [4.69, 9.17) is 16.3 Å². The number of carbonyl (C=O) groups is 2. The van der Waals surface area contributed by atoms with Gasteiger partial charge in [0.1, 0.15) is 0 Å². The molecule has 0 bridgehead atoms. The third kappa shape index (κ3) is 4.60. The van der Waals surface area contributed by atoms with E-state index in [1.165, 1.54) is 0 Å². The van der Waals surface area contributed by atoms with Gasteiger partial charge in [-0.2, -0.15) is 5.10 Å². The normalized spacial score (nSPS) is 10.9. The first-order chi connectivity index (χ1) is 14.4. The molecule has 1 amide bonds. The van der Waals surface area contributed by atoms with Gasteiger partial charge in [-0.15, -0.1) is 0 Å². The average Bonchev–Trinajstić information content (AvgIpc) is 3.01. The molecule has 0 unspecified atom stereocenters. The van der Waals surface area contributed by atoms with Crippen LogP contribution in [0.3, 0.4) is 0 Å². The second-order valence-corrected chi connectivity index (χ2v) is 7.04. The number of aromatic nitrogens is 1. The number of halogens is 1. The lowest BCUT2D eigenvalue weighted by Crippen LogP contribution is -2.17. The Morgan fingerprint density at radius 3 is 2.53 bits per heavy atom. The molecule has 7 heteroatoms. The summed E-state index contributed by atoms with van der Waals surface area (Å²) in [4.78, 5) is 24.5. The van der Waals surface area contributed by atoms with Crippen LogP contribution in [0.25, 0.3) is 5.69 Å². The Kier molecular flexibility index (Phi) is 6.69. The number of benzene rings is 2. The largest absolute Gasteiger partial charge is 0.462 e. The summed E-state index contributed by atoms with van der Waals surface area (Å²) in [6.45, 7) is 5.96. The molecular formula is C23H22ClN3O3. The number of carbonyl (C=O) groups excluding carboxylic acids is 2. The van der Waals surface area contributed by atoms with Crippen molar-refractivity contribution in [1.29, 1.82) is 0 Å². The zero-order valence-electron chi connectivity index (χ0n) is 17.0. The Balaban J connectivity index is 1.85. The number of nitrogens with zero attached hydrogens (tertiary/aromatic N) is 2. The molecule has 3 aromatic rings. The third-order valence-corrected chi connectivity index (χ3v) is 4.84. The molecule has 0 spiro atoms. The number of ether oxygens (including phenoxy) is 1. The van der Waals surface area contributed by atoms with Gasteiger partial charge in [0, 0.05) is 27.5 Å². The lowest BCUT2D eigenvalue weighted by Gasteiger charge is -2.14. The number of aryl methyl sites for hydroxylation is 1. The van der Waals surface area contributed by atoms with E-state index in [0.717, 1.165) is 22.6 Å². The maximum atomic E-state index is 12.4. The molecule has 0 saturated carbocycles. The molecular weight excluding hydrogens is 402 g/mol. The number of amides is 1. The molecule has 0 atom stereocenters. The SMILES string of the molecule is CCOC(=O)c1ccccc1-n1c(C)cc(/C=N\NC(=O)c2ccc(Cl)cc2)c1C. The van der Waals surface area contributed by atoms with Gasteiger partial charge in [-0.25, -0.2) is 10.2 Å². The molecule has 6 nitrogen and oxygen atoms in total. The van der Waals surface area contributed by atoms with Gasteiger partial charge in [-0.3, -0.25) is 4.79 Å². The van der Waals surface area contributed by atoms with E-state index in [1.807, 2.05) is 36.6 Å². The molecule has 1 heterocycles. The summed E-state index contributed by atoms with van der Waals surface area (Å²) in [6, 6.07) is 15.8. The van der Waals surface area contributed by atoms with Gasteiger partial charge >= 0.3 is 5.97 Å². The summed E-state index contributed by atoms with van der Waals surface area (Å²) in [5.41, 5.74) is 6.83. The lowest BCUT2D eigenvalue weighted by atomic mass is 10.1. The minimum atomic E-state index is -0.369. The Morgan fingerprint density at radius 2 is 1.83 bits per heavy atom. The van der Waals surface area contributed by atoms with Crippen LogP contribution in [0, 0.1) is 13.8 Å². The van der Waals surface area contributed by atoms with E-state index in [0.29, 0.717) is 22.8 Å².